The predicted molar refractivity (Wildman–Crippen MR) is 159 cm³/mol. The van der Waals surface area contributed by atoms with Crippen LogP contribution >= 0.6 is 0 Å². The molecule has 0 atom stereocenters. The molecule has 0 amide bonds. The van der Waals surface area contributed by atoms with Gasteiger partial charge in [-0.3, -0.25) is 9.37 Å². The van der Waals surface area contributed by atoms with Gasteiger partial charge in [0.25, 0.3) is 0 Å². The summed E-state index contributed by atoms with van der Waals surface area (Å²) in [7, 11) is 0.500. The van der Waals surface area contributed by atoms with E-state index in [0.29, 0.717) is 12.7 Å². The molecule has 3 rings (SSSR count). The molecule has 2 aromatic carbocycles. The molecule has 0 aliphatic carbocycles. The van der Waals surface area contributed by atoms with Gasteiger partial charge in [0.15, 0.2) is 0 Å². The van der Waals surface area contributed by atoms with E-state index in [4.69, 9.17) is 4.98 Å². The second-order valence-electron chi connectivity index (χ2n) is 9.10. The number of hydrogen-bond donors (Lipinski definition) is 1. The minimum atomic E-state index is 0.500. The highest BCUT2D eigenvalue weighted by atomic mass is 19.1. The Hall–Kier alpha value is -4.23. The Labute approximate surface area is 227 Å². The normalized spacial score (nSPS) is 10.2. The van der Waals surface area contributed by atoms with Crippen LogP contribution < -0.4 is 5.32 Å². The van der Waals surface area contributed by atoms with Crippen LogP contribution in [-0.4, -0.2) is 18.7 Å². The Kier molecular flexibility index (Phi) is 13.0. The van der Waals surface area contributed by atoms with Crippen molar-refractivity contribution in [2.24, 2.45) is 0 Å². The maximum atomic E-state index is 9.57. The molecular weight excluding hydrogens is 469 g/mol. The molecule has 4 heteroatoms. The number of aromatic nitrogens is 1. The molecule has 0 fully saturated rings. The van der Waals surface area contributed by atoms with Gasteiger partial charge in [-0.2, -0.15) is 5.26 Å². The van der Waals surface area contributed by atoms with Gasteiger partial charge in [-0.05, 0) is 63.3 Å². The van der Waals surface area contributed by atoms with Crippen LogP contribution in [0.15, 0.2) is 109 Å². The Morgan fingerprint density at radius 1 is 0.974 bits per heavy atom. The van der Waals surface area contributed by atoms with Crippen LogP contribution in [0.2, 0.25) is 0 Å². The minimum absolute atomic E-state index is 0.500. The average Bonchev–Trinajstić information content (AvgIpc) is 2.94. The van der Waals surface area contributed by atoms with Crippen LogP contribution in [0, 0.1) is 11.3 Å². The number of benzene rings is 2. The van der Waals surface area contributed by atoms with E-state index in [1.54, 1.807) is 0 Å². The summed E-state index contributed by atoms with van der Waals surface area (Å²) in [6.45, 7) is 13.4. The van der Waals surface area contributed by atoms with Gasteiger partial charge in [0, 0.05) is 23.4 Å². The summed E-state index contributed by atoms with van der Waals surface area (Å²) in [6, 6.07) is 24.5. The minimum Gasteiger partial charge on any atom is -0.385 e. The molecule has 0 aliphatic heterocycles. The zero-order valence-electron chi connectivity index (χ0n) is 22.8. The lowest BCUT2D eigenvalue weighted by Gasteiger charge is -2.16. The molecule has 0 saturated heterocycles. The van der Waals surface area contributed by atoms with Crippen molar-refractivity contribution in [2.75, 3.05) is 13.7 Å². The molecule has 0 unspecified atom stereocenters. The molecule has 1 N–H and O–H groups in total. The molecule has 38 heavy (non-hydrogen) atoms. The Morgan fingerprint density at radius 3 is 2.39 bits per heavy atom. The van der Waals surface area contributed by atoms with Crippen LogP contribution in [-0.2, 0) is 12.8 Å². The molecule has 1 aromatic heterocycles. The molecular formula is C34H38FN3. The number of hydrogen-bond acceptors (Lipinski definition) is 3. The summed E-state index contributed by atoms with van der Waals surface area (Å²) >= 11 is 0. The third kappa shape index (κ3) is 9.67. The highest BCUT2D eigenvalue weighted by Gasteiger charge is 2.12. The average molecular weight is 508 g/mol. The summed E-state index contributed by atoms with van der Waals surface area (Å²) in [4.78, 5) is 5.02. The quantitative estimate of drug-likeness (QED) is 0.250. The Balaban J connectivity index is 0.00000247. The van der Waals surface area contributed by atoms with E-state index in [-0.39, 0.29) is 0 Å². The third-order valence-electron chi connectivity index (χ3n) is 5.89. The van der Waals surface area contributed by atoms with Gasteiger partial charge in [0.05, 0.1) is 30.2 Å². The number of alkyl halides is 1. The standard InChI is InChI=1S/C33H35N3.CH3F/c1-25(2)12-10-13-26(3)22-23-35-27(4)30-20-21-33(31-18-9-8-17-29(31)24-34)36-32(30)19-11-16-28-14-6-5-7-15-28;1-2/h5-10,12-15,17-18,20-21,35H,3-4,11,16,19,22-23H2,1-2H3;1H3/b13-10-;. The lowest BCUT2D eigenvalue weighted by atomic mass is 9.99. The first-order chi connectivity index (χ1) is 18.5. The van der Waals surface area contributed by atoms with E-state index in [9.17, 15) is 9.65 Å². The number of halogens is 1. The third-order valence-corrected chi connectivity index (χ3v) is 5.89. The largest absolute Gasteiger partial charge is 0.385 e. The van der Waals surface area contributed by atoms with Crippen LogP contribution in [0.25, 0.3) is 17.0 Å². The zero-order chi connectivity index (χ0) is 27.8. The lowest BCUT2D eigenvalue weighted by molar-refractivity contribution is 0.636. The van der Waals surface area contributed by atoms with E-state index in [0.717, 1.165) is 66.0 Å². The van der Waals surface area contributed by atoms with Crippen LogP contribution in [0.3, 0.4) is 0 Å². The highest BCUT2D eigenvalue weighted by Crippen LogP contribution is 2.25. The number of nitrogens with one attached hydrogen (secondary N) is 1. The second-order valence-corrected chi connectivity index (χ2v) is 9.10. The number of pyridine rings is 1. The summed E-state index contributed by atoms with van der Waals surface area (Å²) in [5.41, 5.74) is 8.83. The summed E-state index contributed by atoms with van der Waals surface area (Å²) in [5, 5.41) is 13.0. The molecule has 0 spiro atoms. The highest BCUT2D eigenvalue weighted by molar-refractivity contribution is 5.71. The molecule has 196 valence electrons. The monoisotopic (exact) mass is 507 g/mol. The number of allylic oxidation sites excluding steroid dienone is 4. The molecule has 1 heterocycles. The van der Waals surface area contributed by atoms with Gasteiger partial charge in [-0.1, -0.05) is 91.1 Å². The smallest absolute Gasteiger partial charge is 0.0998 e. The zero-order valence-corrected chi connectivity index (χ0v) is 22.8. The van der Waals surface area contributed by atoms with E-state index in [1.165, 1.54) is 11.1 Å². The second kappa shape index (κ2) is 16.5. The first kappa shape index (κ1) is 30.0. The molecule has 0 radical (unpaired) electrons. The van der Waals surface area contributed by atoms with E-state index in [2.05, 4.69) is 80.9 Å². The van der Waals surface area contributed by atoms with Crippen molar-refractivity contribution < 1.29 is 4.39 Å². The SMILES string of the molecule is C=C(/C=C\C=C(C)C)CCNC(=C)c1ccc(-c2ccccc2C#N)nc1CCCc1ccccc1.CF. The van der Waals surface area contributed by atoms with E-state index < -0.39 is 0 Å². The Morgan fingerprint density at radius 2 is 1.68 bits per heavy atom. The van der Waals surface area contributed by atoms with Gasteiger partial charge >= 0.3 is 0 Å². The van der Waals surface area contributed by atoms with Gasteiger partial charge in [-0.25, -0.2) is 0 Å². The first-order valence-corrected chi connectivity index (χ1v) is 12.8. The van der Waals surface area contributed by atoms with E-state index >= 15 is 0 Å². The van der Waals surface area contributed by atoms with Crippen molar-refractivity contribution in [2.45, 2.75) is 39.5 Å². The van der Waals surface area contributed by atoms with E-state index in [1.807, 2.05) is 42.5 Å². The molecule has 0 aliphatic rings. The topological polar surface area (TPSA) is 48.7 Å². The van der Waals surface area contributed by atoms with Gasteiger partial charge in [-0.15, -0.1) is 0 Å². The van der Waals surface area contributed by atoms with Gasteiger partial charge in [0.1, 0.15) is 0 Å². The fourth-order valence-electron chi connectivity index (χ4n) is 3.95. The van der Waals surface area contributed by atoms with Crippen molar-refractivity contribution in [3.05, 3.63) is 132 Å². The Bertz CT molecular complexity index is 1290. The molecule has 3 nitrogen and oxygen atoms in total. The van der Waals surface area contributed by atoms with Crippen molar-refractivity contribution in [3.8, 4) is 17.3 Å². The van der Waals surface area contributed by atoms with Crippen molar-refractivity contribution in [3.63, 3.8) is 0 Å². The number of nitriles is 1. The number of aryl methyl sites for hydroxylation is 2. The maximum absolute atomic E-state index is 9.57. The maximum Gasteiger partial charge on any atom is 0.0998 e. The predicted octanol–water partition coefficient (Wildman–Crippen LogP) is 8.41. The lowest BCUT2D eigenvalue weighted by Crippen LogP contribution is -2.15. The van der Waals surface area contributed by atoms with Crippen LogP contribution in [0.4, 0.5) is 4.39 Å². The molecule has 0 saturated carbocycles. The van der Waals surface area contributed by atoms with Crippen LogP contribution in [0.1, 0.15) is 49.1 Å². The number of rotatable bonds is 12. The first-order valence-electron chi connectivity index (χ1n) is 12.8. The van der Waals surface area contributed by atoms with Crippen molar-refractivity contribution in [1.82, 2.24) is 10.3 Å². The number of nitrogens with zero attached hydrogens (tertiary/aromatic N) is 2. The summed E-state index contributed by atoms with van der Waals surface area (Å²) in [5.74, 6) is 0. The molecule has 0 bridgehead atoms. The van der Waals surface area contributed by atoms with Crippen molar-refractivity contribution >= 4 is 5.70 Å². The van der Waals surface area contributed by atoms with Gasteiger partial charge in [0.2, 0.25) is 0 Å². The molecule has 3 aromatic rings. The van der Waals surface area contributed by atoms with Crippen molar-refractivity contribution in [1.29, 1.82) is 5.26 Å². The summed E-state index contributed by atoms with van der Waals surface area (Å²) < 4.78 is 9.50. The van der Waals surface area contributed by atoms with Crippen LogP contribution in [0.5, 0.6) is 0 Å². The fourth-order valence-corrected chi connectivity index (χ4v) is 3.95. The van der Waals surface area contributed by atoms with Gasteiger partial charge < -0.3 is 5.32 Å². The fraction of sp³-hybridized carbons (Fsp3) is 0.235. The summed E-state index contributed by atoms with van der Waals surface area (Å²) in [6.07, 6.45) is 9.79.